The van der Waals surface area contributed by atoms with Crippen molar-refractivity contribution in [1.29, 1.82) is 0 Å². The first-order chi connectivity index (χ1) is 23.5. The number of rotatable bonds is 11. The van der Waals surface area contributed by atoms with Crippen LogP contribution in [0.3, 0.4) is 0 Å². The minimum absolute atomic E-state index is 0.0721. The molecule has 2 aliphatic rings. The molecule has 2 aromatic heterocycles. The van der Waals surface area contributed by atoms with Gasteiger partial charge in [-0.25, -0.2) is 14.0 Å². The number of anilines is 2. The minimum Gasteiger partial charge on any atom is -0.491 e. The number of ether oxygens (including phenoxy) is 3. The SMILES string of the molecule is CCC(C)n1ncn(-c2ccc(N3CCN(c4ccc(OC[C@@H]5CO[C@@](Cc6ccnnc6)(c6ccccc6)O5)cc4)CC3)cc2)c1=O. The van der Waals surface area contributed by atoms with Crippen LogP contribution in [0.5, 0.6) is 5.75 Å². The molecule has 2 aliphatic heterocycles. The van der Waals surface area contributed by atoms with Crippen LogP contribution in [0.15, 0.2) is 108 Å². The third kappa shape index (κ3) is 6.69. The second-order valence-corrected chi connectivity index (χ2v) is 12.4. The summed E-state index contributed by atoms with van der Waals surface area (Å²) in [5.74, 6) is -0.103. The van der Waals surface area contributed by atoms with E-state index in [1.54, 1.807) is 28.0 Å². The Morgan fingerprint density at radius 1 is 0.875 bits per heavy atom. The largest absolute Gasteiger partial charge is 0.491 e. The van der Waals surface area contributed by atoms with E-state index >= 15 is 0 Å². The summed E-state index contributed by atoms with van der Waals surface area (Å²) in [6.45, 7) is 8.50. The van der Waals surface area contributed by atoms with Gasteiger partial charge in [0.1, 0.15) is 24.8 Å². The van der Waals surface area contributed by atoms with E-state index in [1.165, 1.54) is 5.69 Å². The molecule has 0 radical (unpaired) electrons. The van der Waals surface area contributed by atoms with Gasteiger partial charge in [-0.1, -0.05) is 37.3 Å². The van der Waals surface area contributed by atoms with Crippen molar-refractivity contribution >= 4 is 11.4 Å². The molecule has 2 fully saturated rings. The summed E-state index contributed by atoms with van der Waals surface area (Å²) in [7, 11) is 0. The zero-order valence-corrected chi connectivity index (χ0v) is 27.4. The number of benzene rings is 3. The van der Waals surface area contributed by atoms with Crippen LogP contribution < -0.4 is 20.2 Å². The van der Waals surface area contributed by atoms with Crippen molar-refractivity contribution in [2.45, 2.75) is 44.6 Å². The van der Waals surface area contributed by atoms with Crippen LogP contribution in [0.1, 0.15) is 37.4 Å². The maximum Gasteiger partial charge on any atom is 0.350 e. The molecule has 4 heterocycles. The summed E-state index contributed by atoms with van der Waals surface area (Å²) in [6, 6.07) is 28.5. The molecular formula is C37H41N7O4. The van der Waals surface area contributed by atoms with Crippen molar-refractivity contribution in [3.8, 4) is 11.4 Å². The van der Waals surface area contributed by atoms with Gasteiger partial charge in [0.05, 0.1) is 24.5 Å². The van der Waals surface area contributed by atoms with Gasteiger partial charge in [0.2, 0.25) is 0 Å². The Hall–Kier alpha value is -5.00. The highest BCUT2D eigenvalue weighted by molar-refractivity contribution is 5.54. The lowest BCUT2D eigenvalue weighted by molar-refractivity contribution is -0.178. The van der Waals surface area contributed by atoms with Gasteiger partial charge >= 0.3 is 5.69 Å². The third-order valence-corrected chi connectivity index (χ3v) is 9.27. The molecule has 3 aromatic carbocycles. The second kappa shape index (κ2) is 14.0. The molecule has 48 heavy (non-hydrogen) atoms. The van der Waals surface area contributed by atoms with Crippen LogP contribution in [0.4, 0.5) is 11.4 Å². The Morgan fingerprint density at radius 2 is 1.54 bits per heavy atom. The predicted molar refractivity (Wildman–Crippen MR) is 184 cm³/mol. The van der Waals surface area contributed by atoms with E-state index in [0.717, 1.165) is 60.9 Å². The van der Waals surface area contributed by atoms with Crippen molar-refractivity contribution < 1.29 is 14.2 Å². The topological polar surface area (TPSA) is 99.8 Å². The quantitative estimate of drug-likeness (QED) is 0.196. The van der Waals surface area contributed by atoms with Crippen LogP contribution in [-0.2, 0) is 21.7 Å². The maximum absolute atomic E-state index is 12.8. The van der Waals surface area contributed by atoms with Crippen molar-refractivity contribution in [3.05, 3.63) is 125 Å². The molecule has 3 atom stereocenters. The molecule has 0 N–H and O–H groups in total. The Labute approximate surface area is 280 Å². The van der Waals surface area contributed by atoms with Gasteiger partial charge in [-0.05, 0) is 73.5 Å². The highest BCUT2D eigenvalue weighted by Crippen LogP contribution is 2.37. The fourth-order valence-electron chi connectivity index (χ4n) is 6.33. The Balaban J connectivity index is 0.916. The molecule has 0 amide bonds. The zero-order chi connectivity index (χ0) is 32.9. The van der Waals surface area contributed by atoms with E-state index in [4.69, 9.17) is 14.2 Å². The third-order valence-electron chi connectivity index (χ3n) is 9.27. The van der Waals surface area contributed by atoms with Crippen molar-refractivity contribution in [3.63, 3.8) is 0 Å². The van der Waals surface area contributed by atoms with E-state index in [-0.39, 0.29) is 17.8 Å². The average molecular weight is 648 g/mol. The molecule has 2 saturated heterocycles. The van der Waals surface area contributed by atoms with Crippen LogP contribution in [-0.4, -0.2) is 70.0 Å². The molecular weight excluding hydrogens is 606 g/mol. The summed E-state index contributed by atoms with van der Waals surface area (Å²) in [5.41, 5.74) is 4.99. The molecule has 7 rings (SSSR count). The van der Waals surface area contributed by atoms with Crippen molar-refractivity contribution in [2.75, 3.05) is 49.2 Å². The Morgan fingerprint density at radius 3 is 2.19 bits per heavy atom. The number of hydrogen-bond acceptors (Lipinski definition) is 9. The molecule has 0 saturated carbocycles. The van der Waals surface area contributed by atoms with E-state index in [9.17, 15) is 4.79 Å². The van der Waals surface area contributed by atoms with E-state index in [0.29, 0.717) is 19.6 Å². The first-order valence-corrected chi connectivity index (χ1v) is 16.6. The highest BCUT2D eigenvalue weighted by atomic mass is 16.8. The first kappa shape index (κ1) is 31.6. The summed E-state index contributed by atoms with van der Waals surface area (Å²) >= 11 is 0. The second-order valence-electron chi connectivity index (χ2n) is 12.4. The number of aromatic nitrogens is 5. The summed E-state index contributed by atoms with van der Waals surface area (Å²) in [4.78, 5) is 17.6. The van der Waals surface area contributed by atoms with E-state index in [1.807, 2.05) is 67.6 Å². The van der Waals surface area contributed by atoms with Gasteiger partial charge in [-0.15, -0.1) is 0 Å². The molecule has 0 aliphatic carbocycles. The van der Waals surface area contributed by atoms with Gasteiger partial charge in [0.15, 0.2) is 5.79 Å². The highest BCUT2D eigenvalue weighted by Gasteiger charge is 2.43. The predicted octanol–water partition coefficient (Wildman–Crippen LogP) is 5.01. The van der Waals surface area contributed by atoms with Gasteiger partial charge in [0, 0.05) is 55.7 Å². The first-order valence-electron chi connectivity index (χ1n) is 16.6. The molecule has 248 valence electrons. The van der Waals surface area contributed by atoms with E-state index in [2.05, 4.69) is 56.3 Å². The Kier molecular flexibility index (Phi) is 9.22. The maximum atomic E-state index is 12.8. The smallest absolute Gasteiger partial charge is 0.350 e. The zero-order valence-electron chi connectivity index (χ0n) is 27.4. The number of piperazine rings is 1. The monoisotopic (exact) mass is 647 g/mol. The summed E-state index contributed by atoms with van der Waals surface area (Å²) < 4.78 is 22.2. The van der Waals surface area contributed by atoms with Gasteiger partial charge in [0.25, 0.3) is 0 Å². The molecule has 1 unspecified atom stereocenters. The molecule has 5 aromatic rings. The normalized spacial score (nSPS) is 20.2. The van der Waals surface area contributed by atoms with Crippen LogP contribution >= 0.6 is 0 Å². The number of hydrogen-bond donors (Lipinski definition) is 0. The minimum atomic E-state index is -0.900. The standard InChI is InChI=1S/C37H41N7O4/c1-3-28(2)44-36(45)43(27-40-44)33-11-9-31(10-12-33)41-19-21-42(22-20-41)32-13-15-34(16-14-32)46-25-35-26-47-37(48-35,30-7-5-4-6-8-30)23-29-17-18-38-39-24-29/h4-18,24,27-28,35H,3,19-23,25-26H2,1-2H3/t28?,35-,37-/m1/s1. The van der Waals surface area contributed by atoms with E-state index < -0.39 is 5.79 Å². The van der Waals surface area contributed by atoms with Gasteiger partial charge in [-0.2, -0.15) is 15.3 Å². The summed E-state index contributed by atoms with van der Waals surface area (Å²) in [6.07, 6.45) is 6.21. The Bertz CT molecular complexity index is 1820. The number of nitrogens with zero attached hydrogens (tertiary/aromatic N) is 7. The lowest BCUT2D eigenvalue weighted by Gasteiger charge is -2.37. The van der Waals surface area contributed by atoms with Crippen LogP contribution in [0.25, 0.3) is 5.69 Å². The van der Waals surface area contributed by atoms with Gasteiger partial charge < -0.3 is 24.0 Å². The van der Waals surface area contributed by atoms with Crippen molar-refractivity contribution in [1.82, 2.24) is 24.5 Å². The summed E-state index contributed by atoms with van der Waals surface area (Å²) in [5, 5.41) is 12.2. The average Bonchev–Trinajstić information content (AvgIpc) is 3.75. The van der Waals surface area contributed by atoms with Gasteiger partial charge in [-0.3, -0.25) is 0 Å². The fourth-order valence-corrected chi connectivity index (χ4v) is 6.33. The molecule has 0 bridgehead atoms. The van der Waals surface area contributed by atoms with Crippen LogP contribution in [0.2, 0.25) is 0 Å². The molecule has 11 nitrogen and oxygen atoms in total. The lowest BCUT2D eigenvalue weighted by atomic mass is 9.99. The molecule has 11 heteroatoms. The molecule has 0 spiro atoms. The lowest BCUT2D eigenvalue weighted by Crippen LogP contribution is -2.46. The van der Waals surface area contributed by atoms with Crippen molar-refractivity contribution in [2.24, 2.45) is 0 Å². The van der Waals surface area contributed by atoms with Crippen LogP contribution in [0, 0.1) is 0 Å². The fraction of sp³-hybridized carbons (Fsp3) is 0.351.